The fourth-order valence-corrected chi connectivity index (χ4v) is 6.62. The summed E-state index contributed by atoms with van der Waals surface area (Å²) in [6.45, 7) is 6.32. The summed E-state index contributed by atoms with van der Waals surface area (Å²) in [7, 11) is 2.21. The van der Waals surface area contributed by atoms with Crippen molar-refractivity contribution >= 4 is 38.6 Å². The van der Waals surface area contributed by atoms with Gasteiger partial charge in [-0.25, -0.2) is 0 Å². The highest BCUT2D eigenvalue weighted by Crippen LogP contribution is 2.49. The second kappa shape index (κ2) is 9.88. The molecule has 2 heteroatoms. The Bertz CT molecular complexity index is 1880. The summed E-state index contributed by atoms with van der Waals surface area (Å²) >= 11 is 0. The van der Waals surface area contributed by atoms with Gasteiger partial charge in [0.15, 0.2) is 0 Å². The van der Waals surface area contributed by atoms with Crippen molar-refractivity contribution in [3.05, 3.63) is 126 Å². The van der Waals surface area contributed by atoms with E-state index in [1.165, 1.54) is 72.0 Å². The van der Waals surface area contributed by atoms with Crippen LogP contribution in [0.1, 0.15) is 25.0 Å². The van der Waals surface area contributed by atoms with Crippen LogP contribution in [0.3, 0.4) is 0 Å². The zero-order valence-corrected chi connectivity index (χ0v) is 23.5. The van der Waals surface area contributed by atoms with E-state index in [1.54, 1.807) is 0 Å². The Morgan fingerprint density at radius 2 is 1.12 bits per heavy atom. The smallest absolute Gasteiger partial charge is 0.0497 e. The van der Waals surface area contributed by atoms with Crippen molar-refractivity contribution < 1.29 is 0 Å². The summed E-state index contributed by atoms with van der Waals surface area (Å²) in [5.74, 6) is 0. The molecule has 7 rings (SSSR count). The molecule has 6 aromatic rings. The van der Waals surface area contributed by atoms with Crippen molar-refractivity contribution in [3.8, 4) is 22.3 Å². The SMILES string of the molecule is CCN(C)c1ccc2ccccc2c1-c1c(N(CC)c2cccc3c2Cc2ccccc2-3)ccc2ccccc12. The maximum Gasteiger partial charge on any atom is 0.0497 e. The predicted molar refractivity (Wildman–Crippen MR) is 173 cm³/mol. The minimum atomic E-state index is 0.877. The Hall–Kier alpha value is -4.56. The number of benzene rings is 6. The number of fused-ring (bicyclic) bond motifs is 5. The maximum atomic E-state index is 2.55. The maximum absolute atomic E-state index is 2.55. The fourth-order valence-electron chi connectivity index (χ4n) is 6.62. The van der Waals surface area contributed by atoms with Crippen LogP contribution in [0.5, 0.6) is 0 Å². The zero-order valence-electron chi connectivity index (χ0n) is 23.5. The van der Waals surface area contributed by atoms with Crippen molar-refractivity contribution in [2.24, 2.45) is 0 Å². The van der Waals surface area contributed by atoms with Crippen LogP contribution in [0.15, 0.2) is 115 Å². The molecule has 0 unspecified atom stereocenters. The van der Waals surface area contributed by atoms with Crippen LogP contribution < -0.4 is 9.80 Å². The molecule has 1 aliphatic carbocycles. The Morgan fingerprint density at radius 3 is 1.82 bits per heavy atom. The van der Waals surface area contributed by atoms with Gasteiger partial charge in [-0.3, -0.25) is 0 Å². The first kappa shape index (κ1) is 24.5. The minimum absolute atomic E-state index is 0.877. The van der Waals surface area contributed by atoms with Gasteiger partial charge < -0.3 is 9.80 Å². The van der Waals surface area contributed by atoms with Crippen LogP contribution in [0, 0.1) is 0 Å². The summed E-state index contributed by atoms with van der Waals surface area (Å²) in [4.78, 5) is 4.92. The number of nitrogens with zero attached hydrogens (tertiary/aromatic N) is 2. The van der Waals surface area contributed by atoms with Gasteiger partial charge in [0.25, 0.3) is 0 Å². The average Bonchev–Trinajstić information content (AvgIpc) is 3.40. The minimum Gasteiger partial charge on any atom is -0.374 e. The average molecular weight is 519 g/mol. The largest absolute Gasteiger partial charge is 0.374 e. The lowest BCUT2D eigenvalue weighted by molar-refractivity contribution is 0.970. The van der Waals surface area contributed by atoms with Gasteiger partial charge in [0.2, 0.25) is 0 Å². The highest BCUT2D eigenvalue weighted by atomic mass is 15.1. The van der Waals surface area contributed by atoms with E-state index in [4.69, 9.17) is 0 Å². The van der Waals surface area contributed by atoms with Gasteiger partial charge in [-0.15, -0.1) is 0 Å². The van der Waals surface area contributed by atoms with Gasteiger partial charge >= 0.3 is 0 Å². The first-order chi connectivity index (χ1) is 19.7. The molecule has 0 atom stereocenters. The second-order valence-corrected chi connectivity index (χ2v) is 10.8. The highest BCUT2D eigenvalue weighted by molar-refractivity contribution is 6.14. The van der Waals surface area contributed by atoms with Gasteiger partial charge in [0, 0.05) is 54.7 Å². The van der Waals surface area contributed by atoms with Gasteiger partial charge in [-0.1, -0.05) is 97.1 Å². The van der Waals surface area contributed by atoms with E-state index in [0.717, 1.165) is 19.5 Å². The summed E-state index contributed by atoms with van der Waals surface area (Å²) in [6, 6.07) is 42.6. The van der Waals surface area contributed by atoms with E-state index in [9.17, 15) is 0 Å². The van der Waals surface area contributed by atoms with Crippen molar-refractivity contribution in [3.63, 3.8) is 0 Å². The quantitative estimate of drug-likeness (QED) is 0.216. The third-order valence-corrected chi connectivity index (χ3v) is 8.67. The van der Waals surface area contributed by atoms with Crippen LogP contribution in [-0.4, -0.2) is 20.1 Å². The van der Waals surface area contributed by atoms with Gasteiger partial charge in [0.05, 0.1) is 0 Å². The van der Waals surface area contributed by atoms with E-state index in [-0.39, 0.29) is 0 Å². The molecule has 0 aromatic heterocycles. The van der Waals surface area contributed by atoms with Crippen LogP contribution in [-0.2, 0) is 6.42 Å². The summed E-state index contributed by atoms with van der Waals surface area (Å²) in [6.07, 6.45) is 0.971. The number of hydrogen-bond donors (Lipinski definition) is 0. The zero-order chi connectivity index (χ0) is 27.2. The number of anilines is 3. The fraction of sp³-hybridized carbons (Fsp3) is 0.158. The Morgan fingerprint density at radius 1 is 0.525 bits per heavy atom. The van der Waals surface area contributed by atoms with Crippen molar-refractivity contribution in [1.82, 2.24) is 0 Å². The van der Waals surface area contributed by atoms with Gasteiger partial charge in [-0.2, -0.15) is 0 Å². The Labute approximate surface area is 237 Å². The lowest BCUT2D eigenvalue weighted by Crippen LogP contribution is -2.20. The third-order valence-electron chi connectivity index (χ3n) is 8.67. The van der Waals surface area contributed by atoms with Crippen LogP contribution in [0.4, 0.5) is 17.1 Å². The van der Waals surface area contributed by atoms with E-state index in [2.05, 4.69) is 146 Å². The summed E-state index contributed by atoms with van der Waals surface area (Å²) in [5.41, 5.74) is 12.0. The molecule has 6 aromatic carbocycles. The monoisotopic (exact) mass is 518 g/mol. The third kappa shape index (κ3) is 3.78. The molecule has 196 valence electrons. The van der Waals surface area contributed by atoms with Crippen LogP contribution in [0.25, 0.3) is 43.8 Å². The molecule has 0 saturated carbocycles. The highest BCUT2D eigenvalue weighted by Gasteiger charge is 2.26. The molecule has 0 radical (unpaired) electrons. The van der Waals surface area contributed by atoms with Crippen molar-refractivity contribution in [1.29, 1.82) is 0 Å². The normalized spacial score (nSPS) is 12.0. The Balaban J connectivity index is 1.55. The molecule has 0 saturated heterocycles. The van der Waals surface area contributed by atoms with Crippen molar-refractivity contribution in [2.45, 2.75) is 20.3 Å². The van der Waals surface area contributed by atoms with Crippen LogP contribution >= 0.6 is 0 Å². The molecule has 0 spiro atoms. The Kier molecular flexibility index (Phi) is 6.04. The predicted octanol–water partition coefficient (Wildman–Crippen LogP) is 9.85. The first-order valence-corrected chi connectivity index (χ1v) is 14.4. The molecule has 1 aliphatic rings. The van der Waals surface area contributed by atoms with Crippen molar-refractivity contribution in [2.75, 3.05) is 29.9 Å². The molecular formula is C38H34N2. The molecule has 2 nitrogen and oxygen atoms in total. The van der Waals surface area contributed by atoms with Gasteiger partial charge in [-0.05, 0) is 75.8 Å². The number of rotatable bonds is 6. The second-order valence-electron chi connectivity index (χ2n) is 10.8. The summed E-state index contributed by atoms with van der Waals surface area (Å²) in [5, 5.41) is 5.11. The number of hydrogen-bond acceptors (Lipinski definition) is 2. The van der Waals surface area contributed by atoms with E-state index >= 15 is 0 Å². The van der Waals surface area contributed by atoms with Gasteiger partial charge in [0.1, 0.15) is 0 Å². The van der Waals surface area contributed by atoms with E-state index in [0.29, 0.717) is 0 Å². The molecular weight excluding hydrogens is 484 g/mol. The first-order valence-electron chi connectivity index (χ1n) is 14.4. The van der Waals surface area contributed by atoms with E-state index < -0.39 is 0 Å². The topological polar surface area (TPSA) is 6.48 Å². The lowest BCUT2D eigenvalue weighted by Gasteiger charge is -2.31. The van der Waals surface area contributed by atoms with E-state index in [1.807, 2.05) is 0 Å². The van der Waals surface area contributed by atoms with Crippen LogP contribution in [0.2, 0.25) is 0 Å². The molecule has 0 amide bonds. The molecule has 0 fully saturated rings. The molecule has 0 bridgehead atoms. The molecule has 0 N–H and O–H groups in total. The lowest BCUT2D eigenvalue weighted by atomic mass is 9.90. The molecule has 0 aliphatic heterocycles. The molecule has 40 heavy (non-hydrogen) atoms. The standard InChI is InChI=1S/C38H34N2/c1-4-39(3)35-23-21-26-13-6-10-17-30(26)37(35)38-31-18-11-7-14-27(31)22-24-36(38)40(5-2)34-20-12-19-32-29-16-9-8-15-28(29)25-33(32)34/h6-24H,4-5,25H2,1-3H3. The summed E-state index contributed by atoms with van der Waals surface area (Å²) < 4.78 is 0. The molecule has 0 heterocycles.